The lowest BCUT2D eigenvalue weighted by Gasteiger charge is -2.29. The van der Waals surface area contributed by atoms with E-state index in [1.807, 2.05) is 26.8 Å². The molecule has 2 rings (SSSR count). The van der Waals surface area contributed by atoms with Crippen molar-refractivity contribution in [2.24, 2.45) is 0 Å². The Morgan fingerprint density at radius 3 is 2.83 bits per heavy atom. The van der Waals surface area contributed by atoms with E-state index >= 15 is 0 Å². The Morgan fingerprint density at radius 1 is 1.50 bits per heavy atom. The molecule has 0 bridgehead atoms. The summed E-state index contributed by atoms with van der Waals surface area (Å²) in [5.74, 6) is 0. The lowest BCUT2D eigenvalue weighted by atomic mass is 10.1. The summed E-state index contributed by atoms with van der Waals surface area (Å²) >= 11 is 1.46. The molecule has 1 aromatic rings. The van der Waals surface area contributed by atoms with Crippen molar-refractivity contribution in [2.45, 2.75) is 39.3 Å². The highest BCUT2D eigenvalue weighted by Gasteiger charge is 2.26. The van der Waals surface area contributed by atoms with Crippen LogP contribution in [-0.2, 0) is 17.7 Å². The van der Waals surface area contributed by atoms with Crippen LogP contribution in [0.5, 0.6) is 0 Å². The number of fused-ring (bicyclic) bond motifs is 1. The van der Waals surface area contributed by atoms with Gasteiger partial charge in [0, 0.05) is 11.4 Å². The molecule has 0 aromatic carbocycles. The lowest BCUT2D eigenvalue weighted by Crippen LogP contribution is -2.39. The topological polar surface area (TPSA) is 46.6 Å². The maximum atomic E-state index is 11.9. The summed E-state index contributed by atoms with van der Waals surface area (Å²) in [6.07, 6.45) is 1.37. The van der Waals surface area contributed by atoms with Crippen molar-refractivity contribution in [2.75, 3.05) is 6.54 Å². The first kappa shape index (κ1) is 13.1. The molecule has 0 atom stereocenters. The van der Waals surface area contributed by atoms with Crippen LogP contribution in [0.4, 0.5) is 4.79 Å². The number of hydrogen-bond donors (Lipinski definition) is 0. The molecule has 98 valence electrons. The summed E-state index contributed by atoms with van der Waals surface area (Å²) < 4.78 is 5.35. The van der Waals surface area contributed by atoms with Crippen molar-refractivity contribution in [1.29, 1.82) is 0 Å². The Hall–Kier alpha value is -1.36. The van der Waals surface area contributed by atoms with Gasteiger partial charge < -0.3 is 9.64 Å². The first-order chi connectivity index (χ1) is 8.39. The molecule has 0 radical (unpaired) electrons. The van der Waals surface area contributed by atoms with Crippen LogP contribution in [0, 0.1) is 0 Å². The van der Waals surface area contributed by atoms with Crippen molar-refractivity contribution >= 4 is 23.7 Å². The molecule has 2 heterocycles. The molecular formula is C13H17NO3S. The van der Waals surface area contributed by atoms with Crippen LogP contribution in [0.15, 0.2) is 6.07 Å². The average Bonchev–Trinajstić information content (AvgIpc) is 2.68. The van der Waals surface area contributed by atoms with Gasteiger partial charge in [-0.3, -0.25) is 4.79 Å². The van der Waals surface area contributed by atoms with Gasteiger partial charge in [-0.1, -0.05) is 0 Å². The van der Waals surface area contributed by atoms with Gasteiger partial charge in [-0.25, -0.2) is 4.79 Å². The van der Waals surface area contributed by atoms with Crippen molar-refractivity contribution in [3.8, 4) is 0 Å². The number of carbonyl (C=O) groups is 2. The SMILES string of the molecule is CC(C)(C)OC(=O)N1CCc2cc(C=O)sc2C1. The number of nitrogens with zero attached hydrogens (tertiary/aromatic N) is 1. The normalized spacial score (nSPS) is 15.2. The minimum atomic E-state index is -0.471. The van der Waals surface area contributed by atoms with Gasteiger partial charge in [0.2, 0.25) is 0 Å². The number of aldehydes is 1. The maximum absolute atomic E-state index is 11.9. The summed E-state index contributed by atoms with van der Waals surface area (Å²) in [7, 11) is 0. The highest BCUT2D eigenvalue weighted by molar-refractivity contribution is 7.13. The molecule has 4 nitrogen and oxygen atoms in total. The van der Waals surface area contributed by atoms with Crippen molar-refractivity contribution < 1.29 is 14.3 Å². The highest BCUT2D eigenvalue weighted by Crippen LogP contribution is 2.28. The third-order valence-corrected chi connectivity index (χ3v) is 3.76. The van der Waals surface area contributed by atoms with Gasteiger partial charge in [0.15, 0.2) is 6.29 Å². The average molecular weight is 267 g/mol. The fourth-order valence-corrected chi connectivity index (χ4v) is 2.93. The van der Waals surface area contributed by atoms with Gasteiger partial charge in [-0.15, -0.1) is 11.3 Å². The van der Waals surface area contributed by atoms with E-state index in [0.717, 1.165) is 22.5 Å². The highest BCUT2D eigenvalue weighted by atomic mass is 32.1. The number of rotatable bonds is 1. The van der Waals surface area contributed by atoms with Crippen molar-refractivity contribution in [3.63, 3.8) is 0 Å². The smallest absolute Gasteiger partial charge is 0.410 e. The van der Waals surface area contributed by atoms with Crippen LogP contribution in [-0.4, -0.2) is 29.4 Å². The summed E-state index contributed by atoms with van der Waals surface area (Å²) in [6.45, 7) is 6.77. The fraction of sp³-hybridized carbons (Fsp3) is 0.538. The van der Waals surface area contributed by atoms with Crippen molar-refractivity contribution in [3.05, 3.63) is 21.4 Å². The molecule has 18 heavy (non-hydrogen) atoms. The zero-order valence-corrected chi connectivity index (χ0v) is 11.7. The Kier molecular flexibility index (Phi) is 3.43. The van der Waals surface area contributed by atoms with E-state index in [2.05, 4.69) is 0 Å². The molecule has 1 aromatic heterocycles. The quantitative estimate of drug-likeness (QED) is 0.735. The third-order valence-electron chi connectivity index (χ3n) is 2.67. The van der Waals surface area contributed by atoms with Crippen LogP contribution in [0.2, 0.25) is 0 Å². The molecular weight excluding hydrogens is 250 g/mol. The number of thiophene rings is 1. The molecule has 0 saturated carbocycles. The second-order valence-corrected chi connectivity index (χ2v) is 6.54. The Bertz CT molecular complexity index is 473. The molecule has 5 heteroatoms. The van der Waals surface area contributed by atoms with E-state index in [1.54, 1.807) is 4.90 Å². The predicted octanol–water partition coefficient (Wildman–Crippen LogP) is 2.85. The van der Waals surface area contributed by atoms with E-state index in [9.17, 15) is 9.59 Å². The molecule has 0 unspecified atom stereocenters. The molecule has 1 amide bonds. The number of ether oxygens (including phenoxy) is 1. The summed E-state index contributed by atoms with van der Waals surface area (Å²) in [5, 5.41) is 0. The Balaban J connectivity index is 2.07. The first-order valence-electron chi connectivity index (χ1n) is 5.94. The lowest BCUT2D eigenvalue weighted by molar-refractivity contribution is 0.0226. The molecule has 0 spiro atoms. The molecule has 0 aliphatic carbocycles. The molecule has 0 fully saturated rings. The Morgan fingerprint density at radius 2 is 2.22 bits per heavy atom. The van der Waals surface area contributed by atoms with E-state index in [0.29, 0.717) is 13.1 Å². The van der Waals surface area contributed by atoms with E-state index in [-0.39, 0.29) is 6.09 Å². The maximum Gasteiger partial charge on any atom is 0.410 e. The third kappa shape index (κ3) is 2.90. The fourth-order valence-electron chi connectivity index (χ4n) is 1.88. The number of hydrogen-bond acceptors (Lipinski definition) is 4. The van der Waals surface area contributed by atoms with Crippen LogP contribution in [0.25, 0.3) is 0 Å². The van der Waals surface area contributed by atoms with Gasteiger partial charge in [0.25, 0.3) is 0 Å². The molecule has 1 aliphatic rings. The summed E-state index contributed by atoms with van der Waals surface area (Å²) in [6, 6.07) is 1.92. The first-order valence-corrected chi connectivity index (χ1v) is 6.75. The second-order valence-electron chi connectivity index (χ2n) is 5.37. The number of carbonyl (C=O) groups excluding carboxylic acids is 2. The van der Waals surface area contributed by atoms with E-state index in [4.69, 9.17) is 4.74 Å². The van der Waals surface area contributed by atoms with Crippen LogP contribution in [0.1, 0.15) is 40.9 Å². The van der Waals surface area contributed by atoms with Crippen molar-refractivity contribution in [1.82, 2.24) is 4.90 Å². The predicted molar refractivity (Wildman–Crippen MR) is 70.1 cm³/mol. The van der Waals surface area contributed by atoms with Crippen LogP contribution >= 0.6 is 11.3 Å². The van der Waals surface area contributed by atoms with Gasteiger partial charge in [-0.05, 0) is 38.8 Å². The van der Waals surface area contributed by atoms with Gasteiger partial charge >= 0.3 is 6.09 Å². The van der Waals surface area contributed by atoms with Crippen LogP contribution < -0.4 is 0 Å². The molecule has 0 saturated heterocycles. The molecule has 1 aliphatic heterocycles. The zero-order valence-electron chi connectivity index (χ0n) is 10.9. The summed E-state index contributed by atoms with van der Waals surface area (Å²) in [5.41, 5.74) is 0.711. The minimum Gasteiger partial charge on any atom is -0.444 e. The summed E-state index contributed by atoms with van der Waals surface area (Å²) in [4.78, 5) is 26.2. The van der Waals surface area contributed by atoms with E-state index in [1.165, 1.54) is 16.9 Å². The molecule has 0 N–H and O–H groups in total. The minimum absolute atomic E-state index is 0.283. The monoisotopic (exact) mass is 267 g/mol. The van der Waals surface area contributed by atoms with Crippen LogP contribution in [0.3, 0.4) is 0 Å². The zero-order chi connectivity index (χ0) is 13.3. The second kappa shape index (κ2) is 4.72. The van der Waals surface area contributed by atoms with E-state index < -0.39 is 5.60 Å². The van der Waals surface area contributed by atoms with Gasteiger partial charge in [0.05, 0.1) is 11.4 Å². The van der Waals surface area contributed by atoms with Gasteiger partial charge in [0.1, 0.15) is 5.60 Å². The largest absolute Gasteiger partial charge is 0.444 e. The number of amides is 1. The Labute approximate surface area is 111 Å². The van der Waals surface area contributed by atoms with Gasteiger partial charge in [-0.2, -0.15) is 0 Å². The standard InChI is InChI=1S/C13H17NO3S/c1-13(2,3)17-12(16)14-5-4-9-6-10(8-15)18-11(9)7-14/h6,8H,4-5,7H2,1-3H3.